The maximum atomic E-state index is 12.0. The summed E-state index contributed by atoms with van der Waals surface area (Å²) in [5, 5.41) is 13.6. The van der Waals surface area contributed by atoms with Gasteiger partial charge in [-0.3, -0.25) is 24.3 Å². The summed E-state index contributed by atoms with van der Waals surface area (Å²) in [4.78, 5) is 33.8. The summed E-state index contributed by atoms with van der Waals surface area (Å²) in [6.45, 7) is 1.91. The highest BCUT2D eigenvalue weighted by Crippen LogP contribution is 2.23. The van der Waals surface area contributed by atoms with Gasteiger partial charge in [0.1, 0.15) is 6.54 Å². The number of hydrogen-bond acceptors (Lipinski definition) is 4. The third kappa shape index (κ3) is 3.90. The summed E-state index contributed by atoms with van der Waals surface area (Å²) in [6, 6.07) is 2.37. The lowest BCUT2D eigenvalue weighted by molar-refractivity contribution is -0.385. The standard InChI is InChI=1S/C14H19N3O4/c1-10-4-2-3-5-12(10)15-13(18)9-16-8-11(17(20)21)6-7-14(16)19/h6-8,10,12H,2-5,9H2,1H3,(H,15,18)/t10-,12+/m1/s1. The molecule has 1 aromatic heterocycles. The number of nitro groups is 1. The van der Waals surface area contributed by atoms with Crippen LogP contribution in [0.25, 0.3) is 0 Å². The highest BCUT2D eigenvalue weighted by Gasteiger charge is 2.23. The molecule has 1 aliphatic rings. The fourth-order valence-electron chi connectivity index (χ4n) is 2.69. The minimum atomic E-state index is -0.586. The summed E-state index contributed by atoms with van der Waals surface area (Å²) < 4.78 is 1.07. The molecule has 1 heterocycles. The van der Waals surface area contributed by atoms with Crippen LogP contribution in [0.2, 0.25) is 0 Å². The maximum Gasteiger partial charge on any atom is 0.285 e. The lowest BCUT2D eigenvalue weighted by Gasteiger charge is -2.29. The van der Waals surface area contributed by atoms with E-state index in [-0.39, 0.29) is 24.2 Å². The monoisotopic (exact) mass is 293 g/mol. The molecular formula is C14H19N3O4. The van der Waals surface area contributed by atoms with Crippen molar-refractivity contribution in [2.24, 2.45) is 5.92 Å². The van der Waals surface area contributed by atoms with E-state index in [2.05, 4.69) is 12.2 Å². The third-order valence-corrected chi connectivity index (χ3v) is 3.95. The van der Waals surface area contributed by atoms with E-state index in [1.807, 2.05) is 0 Å². The van der Waals surface area contributed by atoms with Gasteiger partial charge in [0, 0.05) is 18.2 Å². The Morgan fingerprint density at radius 2 is 2.14 bits per heavy atom. The molecule has 2 rings (SSSR count). The Morgan fingerprint density at radius 3 is 2.81 bits per heavy atom. The van der Waals surface area contributed by atoms with Crippen LogP contribution in [-0.4, -0.2) is 21.4 Å². The molecule has 2 atom stereocenters. The molecule has 0 unspecified atom stereocenters. The minimum absolute atomic E-state index is 0.126. The van der Waals surface area contributed by atoms with Crippen molar-refractivity contribution < 1.29 is 9.72 Å². The Hall–Kier alpha value is -2.18. The number of pyridine rings is 1. The Labute approximate surface area is 122 Å². The van der Waals surface area contributed by atoms with Crippen molar-refractivity contribution in [3.05, 3.63) is 38.8 Å². The Balaban J connectivity index is 2.03. The molecule has 1 aliphatic carbocycles. The molecule has 0 aromatic carbocycles. The van der Waals surface area contributed by atoms with Crippen molar-refractivity contribution in [1.82, 2.24) is 9.88 Å². The van der Waals surface area contributed by atoms with Gasteiger partial charge in [0.15, 0.2) is 0 Å². The molecule has 1 aromatic rings. The van der Waals surface area contributed by atoms with Gasteiger partial charge in [0.25, 0.3) is 11.2 Å². The Morgan fingerprint density at radius 1 is 1.43 bits per heavy atom. The van der Waals surface area contributed by atoms with Gasteiger partial charge in [-0.1, -0.05) is 19.8 Å². The van der Waals surface area contributed by atoms with E-state index in [0.717, 1.165) is 42.2 Å². The highest BCUT2D eigenvalue weighted by molar-refractivity contribution is 5.76. The lowest BCUT2D eigenvalue weighted by atomic mass is 9.86. The zero-order chi connectivity index (χ0) is 15.4. The molecule has 0 bridgehead atoms. The number of nitrogens with one attached hydrogen (secondary N) is 1. The molecule has 0 aliphatic heterocycles. The summed E-state index contributed by atoms with van der Waals surface area (Å²) in [7, 11) is 0. The highest BCUT2D eigenvalue weighted by atomic mass is 16.6. The summed E-state index contributed by atoms with van der Waals surface area (Å²) in [5.74, 6) is 0.140. The molecule has 114 valence electrons. The van der Waals surface area contributed by atoms with Gasteiger partial charge < -0.3 is 5.32 Å². The quantitative estimate of drug-likeness (QED) is 0.671. The molecular weight excluding hydrogens is 274 g/mol. The van der Waals surface area contributed by atoms with Gasteiger partial charge in [0.2, 0.25) is 5.91 Å². The Bertz CT molecular complexity index is 596. The van der Waals surface area contributed by atoms with E-state index in [1.54, 1.807) is 0 Å². The molecule has 0 spiro atoms. The first kappa shape index (κ1) is 15.2. The van der Waals surface area contributed by atoms with E-state index < -0.39 is 10.5 Å². The normalized spacial score (nSPS) is 21.8. The third-order valence-electron chi connectivity index (χ3n) is 3.95. The molecule has 1 amide bonds. The van der Waals surface area contributed by atoms with E-state index in [0.29, 0.717) is 5.92 Å². The fraction of sp³-hybridized carbons (Fsp3) is 0.571. The van der Waals surface area contributed by atoms with Crippen LogP contribution in [0, 0.1) is 16.0 Å². The molecule has 1 fully saturated rings. The van der Waals surface area contributed by atoms with Gasteiger partial charge >= 0.3 is 0 Å². The van der Waals surface area contributed by atoms with E-state index in [9.17, 15) is 19.7 Å². The molecule has 21 heavy (non-hydrogen) atoms. The zero-order valence-electron chi connectivity index (χ0n) is 11.9. The van der Waals surface area contributed by atoms with Gasteiger partial charge in [-0.15, -0.1) is 0 Å². The number of nitrogens with zero attached hydrogens (tertiary/aromatic N) is 2. The maximum absolute atomic E-state index is 12.0. The van der Waals surface area contributed by atoms with Crippen LogP contribution in [0.5, 0.6) is 0 Å². The number of aromatic nitrogens is 1. The van der Waals surface area contributed by atoms with Crippen molar-refractivity contribution in [2.75, 3.05) is 0 Å². The first-order valence-electron chi connectivity index (χ1n) is 7.11. The summed E-state index contributed by atoms with van der Waals surface area (Å²) in [6.07, 6.45) is 5.40. The van der Waals surface area contributed by atoms with E-state index in [4.69, 9.17) is 0 Å². The average molecular weight is 293 g/mol. The van der Waals surface area contributed by atoms with Crippen LogP contribution in [-0.2, 0) is 11.3 Å². The van der Waals surface area contributed by atoms with E-state index >= 15 is 0 Å². The smallest absolute Gasteiger partial charge is 0.285 e. The second-order valence-electron chi connectivity index (χ2n) is 5.55. The Kier molecular flexibility index (Phi) is 4.72. The van der Waals surface area contributed by atoms with Crippen LogP contribution in [0.4, 0.5) is 5.69 Å². The van der Waals surface area contributed by atoms with Crippen LogP contribution in [0.3, 0.4) is 0 Å². The molecule has 0 saturated heterocycles. The predicted molar refractivity (Wildman–Crippen MR) is 76.9 cm³/mol. The summed E-state index contributed by atoms with van der Waals surface area (Å²) in [5.41, 5.74) is -0.624. The first-order chi connectivity index (χ1) is 9.97. The minimum Gasteiger partial charge on any atom is -0.352 e. The molecule has 7 nitrogen and oxygen atoms in total. The number of carbonyl (C=O) groups is 1. The first-order valence-corrected chi connectivity index (χ1v) is 7.11. The number of carbonyl (C=O) groups excluding carboxylic acids is 1. The molecule has 0 radical (unpaired) electrons. The average Bonchev–Trinajstić information content (AvgIpc) is 2.43. The van der Waals surface area contributed by atoms with Crippen molar-refractivity contribution in [3.8, 4) is 0 Å². The topological polar surface area (TPSA) is 94.2 Å². The summed E-state index contributed by atoms with van der Waals surface area (Å²) >= 11 is 0. The van der Waals surface area contributed by atoms with Crippen LogP contribution in [0.15, 0.2) is 23.1 Å². The lowest BCUT2D eigenvalue weighted by Crippen LogP contribution is -2.43. The van der Waals surface area contributed by atoms with Crippen molar-refractivity contribution in [1.29, 1.82) is 0 Å². The van der Waals surface area contributed by atoms with Gasteiger partial charge in [0.05, 0.1) is 11.1 Å². The molecule has 1 N–H and O–H groups in total. The van der Waals surface area contributed by atoms with Crippen molar-refractivity contribution in [3.63, 3.8) is 0 Å². The van der Waals surface area contributed by atoms with Crippen molar-refractivity contribution in [2.45, 2.75) is 45.2 Å². The largest absolute Gasteiger partial charge is 0.352 e. The SMILES string of the molecule is C[C@@H]1CCCC[C@@H]1NC(=O)Cn1cc([N+](=O)[O-])ccc1=O. The van der Waals surface area contributed by atoms with E-state index in [1.165, 1.54) is 6.42 Å². The molecule has 1 saturated carbocycles. The fourth-order valence-corrected chi connectivity index (χ4v) is 2.69. The van der Waals surface area contributed by atoms with Gasteiger partial charge in [-0.2, -0.15) is 0 Å². The van der Waals surface area contributed by atoms with Crippen LogP contribution < -0.4 is 10.9 Å². The molecule has 7 heteroatoms. The number of amides is 1. The number of rotatable bonds is 4. The van der Waals surface area contributed by atoms with Gasteiger partial charge in [-0.05, 0) is 18.8 Å². The zero-order valence-corrected chi connectivity index (χ0v) is 11.9. The second-order valence-corrected chi connectivity index (χ2v) is 5.55. The second kappa shape index (κ2) is 6.51. The number of hydrogen-bond donors (Lipinski definition) is 1. The van der Waals surface area contributed by atoms with Crippen LogP contribution in [0.1, 0.15) is 32.6 Å². The predicted octanol–water partition coefficient (Wildman–Crippen LogP) is 1.45. The van der Waals surface area contributed by atoms with Crippen molar-refractivity contribution >= 4 is 11.6 Å². The van der Waals surface area contributed by atoms with Gasteiger partial charge in [-0.25, -0.2) is 0 Å². The van der Waals surface area contributed by atoms with Crippen LogP contribution >= 0.6 is 0 Å².